The zero-order chi connectivity index (χ0) is 28.1. The molecule has 43 heavy (non-hydrogen) atoms. The number of hydrogen-bond donors (Lipinski definition) is 0. The van der Waals surface area contributed by atoms with Gasteiger partial charge >= 0.3 is 0 Å². The number of para-hydroxylation sites is 4. The van der Waals surface area contributed by atoms with Gasteiger partial charge < -0.3 is 13.9 Å². The molecule has 0 spiro atoms. The van der Waals surface area contributed by atoms with Gasteiger partial charge in [0, 0.05) is 32.6 Å². The van der Waals surface area contributed by atoms with E-state index in [0.29, 0.717) is 0 Å². The molecule has 2 aromatic heterocycles. The summed E-state index contributed by atoms with van der Waals surface area (Å²) in [5, 5.41) is 7.51. The Hall–Kier alpha value is -5.80. The molecular weight excluding hydrogens is 524 g/mol. The van der Waals surface area contributed by atoms with Crippen LogP contribution in [0.4, 0.5) is 0 Å². The smallest absolute Gasteiger partial charge is 0.152 e. The van der Waals surface area contributed by atoms with Crippen molar-refractivity contribution in [2.45, 2.75) is 0 Å². The third kappa shape index (κ3) is 3.03. The van der Waals surface area contributed by atoms with Gasteiger partial charge in [-0.1, -0.05) is 97.1 Å². The van der Waals surface area contributed by atoms with E-state index < -0.39 is 0 Å². The van der Waals surface area contributed by atoms with Crippen molar-refractivity contribution in [2.24, 2.45) is 0 Å². The van der Waals surface area contributed by atoms with Crippen molar-refractivity contribution in [1.82, 2.24) is 9.13 Å². The topological polar surface area (TPSA) is 19.1 Å². The van der Waals surface area contributed by atoms with Crippen molar-refractivity contribution in [3.63, 3.8) is 0 Å². The lowest BCUT2D eigenvalue weighted by molar-refractivity contribution is 0.476. The normalized spacial score (nSPS) is 12.4. The summed E-state index contributed by atoms with van der Waals surface area (Å²) in [6.45, 7) is 0. The highest BCUT2D eigenvalue weighted by molar-refractivity contribution is 6.19. The van der Waals surface area contributed by atoms with Gasteiger partial charge in [0.25, 0.3) is 0 Å². The Labute approximate surface area is 247 Å². The van der Waals surface area contributed by atoms with Gasteiger partial charge in [0.15, 0.2) is 11.5 Å². The average Bonchev–Trinajstić information content (AvgIpc) is 3.60. The predicted octanol–water partition coefficient (Wildman–Crippen LogP) is 10.8. The predicted molar refractivity (Wildman–Crippen MR) is 178 cm³/mol. The van der Waals surface area contributed by atoms with Crippen LogP contribution < -0.4 is 4.74 Å². The minimum atomic E-state index is 0.883. The maximum Gasteiger partial charge on any atom is 0.152 e. The van der Waals surface area contributed by atoms with Crippen LogP contribution in [0.1, 0.15) is 0 Å². The van der Waals surface area contributed by atoms with E-state index in [9.17, 15) is 0 Å². The minimum absolute atomic E-state index is 0.883. The second-order valence-corrected chi connectivity index (χ2v) is 11.3. The number of rotatable bonds is 2. The highest BCUT2D eigenvalue weighted by Crippen LogP contribution is 2.48. The zero-order valence-electron chi connectivity index (χ0n) is 23.2. The number of aromatic nitrogens is 2. The fourth-order valence-electron chi connectivity index (χ4n) is 7.28. The first-order valence-electron chi connectivity index (χ1n) is 14.7. The summed E-state index contributed by atoms with van der Waals surface area (Å²) < 4.78 is 11.2. The monoisotopic (exact) mass is 548 g/mol. The van der Waals surface area contributed by atoms with Crippen LogP contribution in [0.15, 0.2) is 146 Å². The van der Waals surface area contributed by atoms with Crippen molar-refractivity contribution < 1.29 is 4.74 Å². The van der Waals surface area contributed by atoms with Crippen molar-refractivity contribution in [3.05, 3.63) is 146 Å². The van der Waals surface area contributed by atoms with Gasteiger partial charge in [-0.05, 0) is 65.0 Å². The first kappa shape index (κ1) is 22.8. The second-order valence-electron chi connectivity index (χ2n) is 11.3. The standard InChI is InChI=1S/C40H24N2O/c1-2-10-29-25(9-1)19-22-31-30-11-3-5-13-33(30)41(39(29)31)27-20-17-26(18-21-27)28-23-24-37-40-38(28)32-12-4-6-14-34(32)42(40)35-15-7-8-16-36(35)43-37/h1-24H. The molecule has 0 amide bonds. The van der Waals surface area contributed by atoms with Crippen LogP contribution in [-0.4, -0.2) is 9.13 Å². The number of ether oxygens (including phenoxy) is 1. The van der Waals surface area contributed by atoms with Gasteiger partial charge in [-0.25, -0.2) is 0 Å². The summed E-state index contributed by atoms with van der Waals surface area (Å²) >= 11 is 0. The molecule has 0 bridgehead atoms. The van der Waals surface area contributed by atoms with Crippen molar-refractivity contribution in [1.29, 1.82) is 0 Å². The van der Waals surface area contributed by atoms with E-state index in [-0.39, 0.29) is 0 Å². The Bertz CT molecular complexity index is 2580. The van der Waals surface area contributed by atoms with E-state index in [1.807, 2.05) is 12.1 Å². The fourth-order valence-corrected chi connectivity index (χ4v) is 7.28. The Morgan fingerprint density at radius 1 is 0.419 bits per heavy atom. The highest BCUT2D eigenvalue weighted by atomic mass is 16.5. The number of fused-ring (bicyclic) bond motifs is 10. The van der Waals surface area contributed by atoms with Crippen LogP contribution in [-0.2, 0) is 0 Å². The lowest BCUT2D eigenvalue weighted by atomic mass is 9.98. The van der Waals surface area contributed by atoms with Gasteiger partial charge in [-0.15, -0.1) is 0 Å². The Kier molecular flexibility index (Phi) is 4.45. The largest absolute Gasteiger partial charge is 0.453 e. The molecule has 7 aromatic carbocycles. The molecular formula is C40H24N2O. The maximum atomic E-state index is 6.43. The van der Waals surface area contributed by atoms with Gasteiger partial charge in [-0.2, -0.15) is 0 Å². The summed E-state index contributed by atoms with van der Waals surface area (Å²) in [5.74, 6) is 1.77. The van der Waals surface area contributed by atoms with Gasteiger partial charge in [0.1, 0.15) is 0 Å². The molecule has 0 fully saturated rings. The van der Waals surface area contributed by atoms with E-state index in [0.717, 1.165) is 28.4 Å². The molecule has 3 heterocycles. The molecule has 0 aliphatic carbocycles. The average molecular weight is 549 g/mol. The molecule has 0 saturated carbocycles. The number of nitrogens with zero attached hydrogens (tertiary/aromatic N) is 2. The minimum Gasteiger partial charge on any atom is -0.453 e. The first-order valence-corrected chi connectivity index (χ1v) is 14.7. The Morgan fingerprint density at radius 2 is 1.12 bits per heavy atom. The molecule has 0 saturated heterocycles. The van der Waals surface area contributed by atoms with Crippen LogP contribution in [0.25, 0.3) is 76.9 Å². The fraction of sp³-hybridized carbons (Fsp3) is 0. The van der Waals surface area contributed by atoms with E-state index in [4.69, 9.17) is 4.74 Å². The van der Waals surface area contributed by atoms with Gasteiger partial charge in [0.05, 0.1) is 27.8 Å². The van der Waals surface area contributed by atoms with Crippen molar-refractivity contribution >= 4 is 54.4 Å². The molecule has 200 valence electrons. The zero-order valence-corrected chi connectivity index (χ0v) is 23.2. The van der Waals surface area contributed by atoms with E-state index in [2.05, 4.69) is 143 Å². The second kappa shape index (κ2) is 8.37. The summed E-state index contributed by atoms with van der Waals surface area (Å²) in [6.07, 6.45) is 0. The molecule has 3 heteroatoms. The molecule has 0 unspecified atom stereocenters. The molecule has 1 aliphatic rings. The molecule has 0 atom stereocenters. The van der Waals surface area contributed by atoms with E-state index in [1.54, 1.807) is 0 Å². The maximum absolute atomic E-state index is 6.43. The molecule has 1 aliphatic heterocycles. The molecule has 9 aromatic rings. The third-order valence-corrected chi connectivity index (χ3v) is 9.10. The first-order chi connectivity index (χ1) is 21.3. The van der Waals surface area contributed by atoms with Crippen molar-refractivity contribution in [3.8, 4) is 34.0 Å². The summed E-state index contributed by atoms with van der Waals surface area (Å²) in [7, 11) is 0. The van der Waals surface area contributed by atoms with E-state index in [1.165, 1.54) is 60.0 Å². The molecule has 0 radical (unpaired) electrons. The van der Waals surface area contributed by atoms with E-state index >= 15 is 0 Å². The van der Waals surface area contributed by atoms with Crippen LogP contribution in [0, 0.1) is 0 Å². The molecule has 0 N–H and O–H groups in total. The van der Waals surface area contributed by atoms with Crippen LogP contribution in [0.3, 0.4) is 0 Å². The van der Waals surface area contributed by atoms with Gasteiger partial charge in [0.2, 0.25) is 0 Å². The van der Waals surface area contributed by atoms with Crippen LogP contribution >= 0.6 is 0 Å². The number of hydrogen-bond acceptors (Lipinski definition) is 1. The van der Waals surface area contributed by atoms with Crippen LogP contribution in [0.2, 0.25) is 0 Å². The Morgan fingerprint density at radius 3 is 1.98 bits per heavy atom. The third-order valence-electron chi connectivity index (χ3n) is 9.10. The lowest BCUT2D eigenvalue weighted by Crippen LogP contribution is -2.03. The summed E-state index contributed by atoms with van der Waals surface area (Å²) in [4.78, 5) is 0. The highest BCUT2D eigenvalue weighted by Gasteiger charge is 2.25. The van der Waals surface area contributed by atoms with Crippen molar-refractivity contribution in [2.75, 3.05) is 0 Å². The Balaban J connectivity index is 1.22. The quantitative estimate of drug-likeness (QED) is 0.210. The summed E-state index contributed by atoms with van der Waals surface area (Å²) in [6, 6.07) is 52.3. The SMILES string of the molecule is c1ccc2c(c1)Oc1ccc(-c3ccc(-n4c5ccccc5c5ccc6ccccc6c54)cc3)c3c4ccccc4n-2c13. The molecule has 10 rings (SSSR count). The lowest BCUT2D eigenvalue weighted by Gasteiger charge is -2.21. The number of benzene rings is 7. The van der Waals surface area contributed by atoms with Crippen LogP contribution in [0.5, 0.6) is 11.5 Å². The van der Waals surface area contributed by atoms with Gasteiger partial charge in [-0.3, -0.25) is 0 Å². The summed E-state index contributed by atoms with van der Waals surface area (Å²) in [5.41, 5.74) is 9.39. The molecule has 3 nitrogen and oxygen atoms in total.